The van der Waals surface area contributed by atoms with Crippen LogP contribution in [-0.4, -0.2) is 34.7 Å². The van der Waals surface area contributed by atoms with Gasteiger partial charge in [-0.2, -0.15) is 0 Å². The van der Waals surface area contributed by atoms with Crippen LogP contribution in [0, 0.1) is 0 Å². The molecule has 1 amide bonds. The van der Waals surface area contributed by atoms with Crippen LogP contribution in [0.2, 0.25) is 0 Å². The predicted octanol–water partition coefficient (Wildman–Crippen LogP) is 1.64. The van der Waals surface area contributed by atoms with E-state index in [-0.39, 0.29) is 11.6 Å². The van der Waals surface area contributed by atoms with Crippen LogP contribution in [0.3, 0.4) is 0 Å². The van der Waals surface area contributed by atoms with Gasteiger partial charge in [-0.15, -0.1) is 0 Å². The van der Waals surface area contributed by atoms with Gasteiger partial charge in [-0.05, 0) is 31.5 Å². The van der Waals surface area contributed by atoms with E-state index in [0.29, 0.717) is 26.1 Å². The van der Waals surface area contributed by atoms with E-state index in [4.69, 9.17) is 0 Å². The lowest BCUT2D eigenvalue weighted by Crippen LogP contribution is -2.31. The summed E-state index contributed by atoms with van der Waals surface area (Å²) in [5, 5.41) is 6.22. The molecular formula is C19H26N4O2. The van der Waals surface area contributed by atoms with E-state index in [1.54, 1.807) is 9.13 Å². The van der Waals surface area contributed by atoms with Gasteiger partial charge in [0.2, 0.25) is 5.91 Å². The summed E-state index contributed by atoms with van der Waals surface area (Å²) in [5.74, 6) is -0.0151. The Morgan fingerprint density at radius 3 is 2.56 bits per heavy atom. The molecule has 1 aliphatic rings. The van der Waals surface area contributed by atoms with Crippen LogP contribution >= 0.6 is 0 Å². The highest BCUT2D eigenvalue weighted by Crippen LogP contribution is 2.13. The van der Waals surface area contributed by atoms with Gasteiger partial charge in [-0.1, -0.05) is 30.7 Å². The maximum absolute atomic E-state index is 12.7. The van der Waals surface area contributed by atoms with Crippen LogP contribution in [0.25, 0.3) is 11.0 Å². The van der Waals surface area contributed by atoms with Crippen molar-refractivity contribution in [2.45, 2.75) is 39.3 Å². The van der Waals surface area contributed by atoms with Crippen LogP contribution in [0.4, 0.5) is 0 Å². The van der Waals surface area contributed by atoms with Crippen molar-refractivity contribution in [2.75, 3.05) is 19.6 Å². The highest BCUT2D eigenvalue weighted by atomic mass is 16.2. The first-order chi connectivity index (χ1) is 12.2. The fourth-order valence-electron chi connectivity index (χ4n) is 3.27. The highest BCUT2D eigenvalue weighted by Gasteiger charge is 2.13. The van der Waals surface area contributed by atoms with Crippen LogP contribution in [0.1, 0.15) is 26.2 Å². The number of aromatic nitrogens is 2. The summed E-state index contributed by atoms with van der Waals surface area (Å²) in [6.45, 7) is 5.60. The maximum Gasteiger partial charge on any atom is 0.329 e. The number of rotatable bonds is 7. The Bertz CT molecular complexity index is 832. The second-order valence-corrected chi connectivity index (χ2v) is 6.42. The molecule has 0 spiro atoms. The number of fused-ring (bicyclic) bond motifs is 1. The molecule has 1 aromatic carbocycles. The van der Waals surface area contributed by atoms with E-state index in [1.165, 1.54) is 5.57 Å². The molecule has 134 valence electrons. The standard InChI is InChI=1S/C19H26N4O2/c1-2-12-22-16-5-3-4-6-17(16)23(19(22)25)13-9-18(24)21-14-15-7-10-20-11-8-15/h3-7,20H,2,8-14H2,1H3,(H,21,24). The number of amides is 1. The summed E-state index contributed by atoms with van der Waals surface area (Å²) >= 11 is 0. The van der Waals surface area contributed by atoms with Crippen LogP contribution in [0.15, 0.2) is 40.7 Å². The number of benzene rings is 1. The van der Waals surface area contributed by atoms with Crippen molar-refractivity contribution in [3.05, 3.63) is 46.4 Å². The Morgan fingerprint density at radius 1 is 1.20 bits per heavy atom. The first-order valence-corrected chi connectivity index (χ1v) is 9.04. The highest BCUT2D eigenvalue weighted by molar-refractivity contribution is 5.78. The Kier molecular flexibility index (Phi) is 5.71. The van der Waals surface area contributed by atoms with E-state index in [2.05, 4.69) is 23.6 Å². The smallest absolute Gasteiger partial charge is 0.329 e. The molecule has 0 saturated heterocycles. The lowest BCUT2D eigenvalue weighted by atomic mass is 10.1. The molecule has 0 bridgehead atoms. The Labute approximate surface area is 147 Å². The summed E-state index contributed by atoms with van der Waals surface area (Å²) < 4.78 is 3.52. The predicted molar refractivity (Wildman–Crippen MR) is 99.7 cm³/mol. The third-order valence-corrected chi connectivity index (χ3v) is 4.61. The molecule has 0 fully saturated rings. The number of hydrogen-bond acceptors (Lipinski definition) is 3. The van der Waals surface area contributed by atoms with Crippen molar-refractivity contribution < 1.29 is 4.79 Å². The number of nitrogens with zero attached hydrogens (tertiary/aromatic N) is 2. The van der Waals surface area contributed by atoms with Crippen LogP contribution in [-0.2, 0) is 17.9 Å². The molecule has 0 radical (unpaired) electrons. The van der Waals surface area contributed by atoms with E-state index in [1.807, 2.05) is 24.3 Å². The van der Waals surface area contributed by atoms with Crippen LogP contribution < -0.4 is 16.3 Å². The van der Waals surface area contributed by atoms with Crippen molar-refractivity contribution in [3.63, 3.8) is 0 Å². The normalized spacial score (nSPS) is 14.5. The van der Waals surface area contributed by atoms with Gasteiger partial charge >= 0.3 is 5.69 Å². The molecule has 0 unspecified atom stereocenters. The fourth-order valence-corrected chi connectivity index (χ4v) is 3.27. The molecule has 0 saturated carbocycles. The van der Waals surface area contributed by atoms with Gasteiger partial charge in [0.15, 0.2) is 0 Å². The molecule has 2 aromatic rings. The van der Waals surface area contributed by atoms with Gasteiger partial charge in [-0.25, -0.2) is 4.79 Å². The lowest BCUT2D eigenvalue weighted by Gasteiger charge is -2.14. The molecule has 6 nitrogen and oxygen atoms in total. The second kappa shape index (κ2) is 8.16. The minimum Gasteiger partial charge on any atom is -0.352 e. The summed E-state index contributed by atoms with van der Waals surface area (Å²) in [6, 6.07) is 7.78. The Balaban J connectivity index is 1.66. The van der Waals surface area contributed by atoms with Crippen molar-refractivity contribution in [2.24, 2.45) is 0 Å². The zero-order valence-corrected chi connectivity index (χ0v) is 14.8. The van der Waals surface area contributed by atoms with Crippen molar-refractivity contribution in [1.29, 1.82) is 0 Å². The summed E-state index contributed by atoms with van der Waals surface area (Å²) in [4.78, 5) is 24.8. The zero-order valence-electron chi connectivity index (χ0n) is 14.8. The number of para-hydroxylation sites is 2. The average molecular weight is 342 g/mol. The van der Waals surface area contributed by atoms with E-state index in [0.717, 1.165) is 37.0 Å². The topological polar surface area (TPSA) is 68.1 Å². The largest absolute Gasteiger partial charge is 0.352 e. The molecule has 2 heterocycles. The number of aryl methyl sites for hydroxylation is 2. The van der Waals surface area contributed by atoms with Crippen molar-refractivity contribution in [3.8, 4) is 0 Å². The molecule has 6 heteroatoms. The minimum absolute atomic E-state index is 0.0151. The third-order valence-electron chi connectivity index (χ3n) is 4.61. The monoisotopic (exact) mass is 342 g/mol. The maximum atomic E-state index is 12.7. The van der Waals surface area contributed by atoms with E-state index < -0.39 is 0 Å². The summed E-state index contributed by atoms with van der Waals surface area (Å²) in [5.41, 5.74) is 3.07. The molecule has 25 heavy (non-hydrogen) atoms. The van der Waals surface area contributed by atoms with Gasteiger partial charge in [0.25, 0.3) is 0 Å². The Morgan fingerprint density at radius 2 is 1.92 bits per heavy atom. The average Bonchev–Trinajstić information content (AvgIpc) is 2.91. The molecule has 0 aliphatic carbocycles. The summed E-state index contributed by atoms with van der Waals surface area (Å²) in [6.07, 6.45) is 4.32. The molecule has 3 rings (SSSR count). The molecule has 1 aliphatic heterocycles. The number of carbonyl (C=O) groups excluding carboxylic acids is 1. The van der Waals surface area contributed by atoms with Crippen LogP contribution in [0.5, 0.6) is 0 Å². The second-order valence-electron chi connectivity index (χ2n) is 6.42. The van der Waals surface area contributed by atoms with Gasteiger partial charge in [0, 0.05) is 32.6 Å². The fraction of sp³-hybridized carbons (Fsp3) is 0.474. The van der Waals surface area contributed by atoms with Crippen molar-refractivity contribution >= 4 is 16.9 Å². The quantitative estimate of drug-likeness (QED) is 0.752. The minimum atomic E-state index is -0.0306. The van der Waals surface area contributed by atoms with Gasteiger partial charge in [0.05, 0.1) is 11.0 Å². The number of carbonyl (C=O) groups is 1. The van der Waals surface area contributed by atoms with E-state index >= 15 is 0 Å². The number of imidazole rings is 1. The first kappa shape index (κ1) is 17.5. The molecule has 0 atom stereocenters. The molecule has 1 aromatic heterocycles. The van der Waals surface area contributed by atoms with E-state index in [9.17, 15) is 9.59 Å². The van der Waals surface area contributed by atoms with Crippen molar-refractivity contribution in [1.82, 2.24) is 19.8 Å². The summed E-state index contributed by atoms with van der Waals surface area (Å²) in [7, 11) is 0. The first-order valence-electron chi connectivity index (χ1n) is 9.04. The van der Waals surface area contributed by atoms with Gasteiger partial charge in [0.1, 0.15) is 0 Å². The Hall–Kier alpha value is -2.34. The number of hydrogen-bond donors (Lipinski definition) is 2. The SMILES string of the molecule is CCCn1c(=O)n(CCC(=O)NCC2=CCNCC2)c2ccccc21. The zero-order chi connectivity index (χ0) is 17.6. The van der Waals surface area contributed by atoms with Gasteiger partial charge < -0.3 is 10.6 Å². The molecule has 2 N–H and O–H groups in total. The molecular weight excluding hydrogens is 316 g/mol. The van der Waals surface area contributed by atoms with Gasteiger partial charge in [-0.3, -0.25) is 13.9 Å². The lowest BCUT2D eigenvalue weighted by molar-refractivity contribution is -0.121. The number of nitrogens with one attached hydrogen (secondary N) is 2. The third kappa shape index (κ3) is 4.02.